The van der Waals surface area contributed by atoms with E-state index in [0.717, 1.165) is 0 Å². The second-order valence-corrected chi connectivity index (χ2v) is 5.68. The Morgan fingerprint density at radius 3 is 2.75 bits per heavy atom. The van der Waals surface area contributed by atoms with E-state index in [1.54, 1.807) is 6.07 Å². The average Bonchev–Trinajstić information content (AvgIpc) is 2.51. The van der Waals surface area contributed by atoms with Crippen molar-refractivity contribution < 1.29 is 19.8 Å². The number of hydrogen-bond acceptors (Lipinski definition) is 6. The number of nitrogens with two attached hydrogens (primary N) is 1. The van der Waals surface area contributed by atoms with Crippen LogP contribution in [0.1, 0.15) is 19.8 Å². The Morgan fingerprint density at radius 2 is 2.21 bits per heavy atom. The van der Waals surface area contributed by atoms with Crippen LogP contribution in [0.3, 0.4) is 0 Å². The summed E-state index contributed by atoms with van der Waals surface area (Å²) >= 11 is 5.03. The predicted molar refractivity (Wildman–Crippen MR) is 89.3 cm³/mol. The lowest BCUT2D eigenvalue weighted by molar-refractivity contribution is -0.125. The Morgan fingerprint density at radius 1 is 1.54 bits per heavy atom. The molecule has 4 atom stereocenters. The van der Waals surface area contributed by atoms with Gasteiger partial charge in [-0.15, -0.1) is 0 Å². The van der Waals surface area contributed by atoms with Crippen molar-refractivity contribution in [1.29, 1.82) is 5.26 Å². The highest BCUT2D eigenvalue weighted by Gasteiger charge is 2.34. The maximum Gasteiger partial charge on any atom is 0.247 e. The van der Waals surface area contributed by atoms with Gasteiger partial charge in [0.1, 0.15) is 12.1 Å². The molecule has 0 saturated heterocycles. The minimum Gasteiger partial charge on any atom is -0.390 e. The number of rotatable bonds is 6. The molecule has 1 aliphatic rings. The molecule has 0 bridgehead atoms. The Labute approximate surface area is 144 Å². The Bertz CT molecular complexity index is 574. The summed E-state index contributed by atoms with van der Waals surface area (Å²) in [7, 11) is 0. The fourth-order valence-electron chi connectivity index (χ4n) is 2.19. The van der Waals surface area contributed by atoms with E-state index in [0.29, 0.717) is 6.54 Å². The zero-order valence-corrected chi connectivity index (χ0v) is 14.0. The number of aliphatic hydroxyl groups excluding tert-OH is 2. The van der Waals surface area contributed by atoms with E-state index >= 15 is 0 Å². The third kappa shape index (κ3) is 5.45. The van der Waals surface area contributed by atoms with Gasteiger partial charge >= 0.3 is 0 Å². The quantitative estimate of drug-likeness (QED) is 0.292. The van der Waals surface area contributed by atoms with Crippen molar-refractivity contribution in [2.75, 3.05) is 6.54 Å². The van der Waals surface area contributed by atoms with Gasteiger partial charge in [-0.25, -0.2) is 0 Å². The van der Waals surface area contributed by atoms with Gasteiger partial charge in [0.2, 0.25) is 11.8 Å². The lowest BCUT2D eigenvalue weighted by Crippen LogP contribution is -2.53. The zero-order chi connectivity index (χ0) is 18.3. The third-order valence-corrected chi connectivity index (χ3v) is 3.71. The highest BCUT2D eigenvalue weighted by molar-refractivity contribution is 7.80. The molecule has 9 nitrogen and oxygen atoms in total. The number of carbonyl (C=O) groups excluding carboxylic acids is 2. The van der Waals surface area contributed by atoms with Crippen molar-refractivity contribution in [1.82, 2.24) is 16.0 Å². The molecule has 132 valence electrons. The molecule has 24 heavy (non-hydrogen) atoms. The van der Waals surface area contributed by atoms with Gasteiger partial charge in [-0.2, -0.15) is 5.26 Å². The molecule has 0 aromatic carbocycles. The summed E-state index contributed by atoms with van der Waals surface area (Å²) in [5, 5.41) is 36.9. The second-order valence-electron chi connectivity index (χ2n) is 5.27. The number of nitrogens with zero attached hydrogens (tertiary/aromatic N) is 1. The number of nitriles is 1. The highest BCUT2D eigenvalue weighted by atomic mass is 32.1. The van der Waals surface area contributed by atoms with E-state index in [-0.39, 0.29) is 23.5 Å². The van der Waals surface area contributed by atoms with E-state index in [2.05, 4.69) is 16.0 Å². The molecule has 10 heteroatoms. The minimum atomic E-state index is -1.18. The maximum absolute atomic E-state index is 12.2. The number of amides is 2. The van der Waals surface area contributed by atoms with Gasteiger partial charge < -0.3 is 31.9 Å². The first-order valence-electron chi connectivity index (χ1n) is 7.38. The molecular weight excluding hydrogens is 334 g/mol. The lowest BCUT2D eigenvalue weighted by atomic mass is 9.90. The summed E-state index contributed by atoms with van der Waals surface area (Å²) in [5.74, 6) is -1.47. The van der Waals surface area contributed by atoms with Crippen LogP contribution < -0.4 is 21.7 Å². The van der Waals surface area contributed by atoms with E-state index in [1.165, 1.54) is 6.08 Å². The molecule has 4 unspecified atom stereocenters. The third-order valence-electron chi connectivity index (χ3n) is 3.44. The summed E-state index contributed by atoms with van der Waals surface area (Å²) < 4.78 is 0. The van der Waals surface area contributed by atoms with Crippen LogP contribution >= 0.6 is 12.2 Å². The van der Waals surface area contributed by atoms with Crippen molar-refractivity contribution in [2.24, 2.45) is 5.73 Å². The van der Waals surface area contributed by atoms with E-state index in [1.807, 2.05) is 6.92 Å². The molecular formula is C14H21N5O4S. The smallest absolute Gasteiger partial charge is 0.247 e. The number of aliphatic hydroxyl groups is 2. The summed E-state index contributed by atoms with van der Waals surface area (Å²) in [4.78, 5) is 23.4. The molecule has 0 aromatic heterocycles. The molecule has 2 amide bonds. The molecule has 0 aliphatic heterocycles. The molecule has 7 N–H and O–H groups in total. The van der Waals surface area contributed by atoms with Crippen molar-refractivity contribution >= 4 is 29.1 Å². The van der Waals surface area contributed by atoms with Gasteiger partial charge in [-0.3, -0.25) is 9.59 Å². The Kier molecular flexibility index (Phi) is 7.57. The summed E-state index contributed by atoms with van der Waals surface area (Å²) in [6.45, 7) is 2.41. The maximum atomic E-state index is 12.2. The average molecular weight is 355 g/mol. The van der Waals surface area contributed by atoms with E-state index in [4.69, 9.17) is 23.2 Å². The standard InChI is InChI=1S/C14H21N5O4S/c1-2-17-14(24)19-9-5-7(6-10(20)11(9)21)13(23)18-8(3-4-15)12(16)22/h5,8-11,20-21H,2-3,6H2,1H3,(H2,16,22)(H,18,23)(H2,17,19,24). The van der Waals surface area contributed by atoms with Gasteiger partial charge in [0.05, 0.1) is 24.6 Å². The van der Waals surface area contributed by atoms with Crippen LogP contribution in [0.15, 0.2) is 11.6 Å². The number of nitrogens with one attached hydrogen (secondary N) is 3. The minimum absolute atomic E-state index is 0.100. The number of hydrogen-bond donors (Lipinski definition) is 6. The predicted octanol–water partition coefficient (Wildman–Crippen LogP) is -2.23. The SMILES string of the molecule is CCNC(=S)NC1C=C(C(=O)NC(CC#N)C(N)=O)CC(O)C1O. The second kappa shape index (κ2) is 9.17. The zero-order valence-electron chi connectivity index (χ0n) is 13.2. The van der Waals surface area contributed by atoms with Crippen molar-refractivity contribution in [3.05, 3.63) is 11.6 Å². The topological polar surface area (TPSA) is 160 Å². The van der Waals surface area contributed by atoms with E-state index in [9.17, 15) is 19.8 Å². The number of carbonyl (C=O) groups is 2. The van der Waals surface area contributed by atoms with Crippen molar-refractivity contribution in [2.45, 2.75) is 44.1 Å². The Hall–Kier alpha value is -2.22. The molecule has 0 heterocycles. The highest BCUT2D eigenvalue weighted by Crippen LogP contribution is 2.20. The van der Waals surface area contributed by atoms with Gasteiger partial charge in [-0.05, 0) is 19.1 Å². The molecule has 0 aromatic rings. The molecule has 1 aliphatic carbocycles. The summed E-state index contributed by atoms with van der Waals surface area (Å²) in [6.07, 6.45) is -1.26. The van der Waals surface area contributed by atoms with Crippen LogP contribution in [0.4, 0.5) is 0 Å². The van der Waals surface area contributed by atoms with Crippen LogP contribution in [0.2, 0.25) is 0 Å². The van der Waals surface area contributed by atoms with Crippen LogP contribution in [0, 0.1) is 11.3 Å². The Balaban J connectivity index is 2.87. The molecule has 0 radical (unpaired) electrons. The molecule has 0 fully saturated rings. The summed E-state index contributed by atoms with van der Waals surface area (Å²) in [5.41, 5.74) is 5.29. The van der Waals surface area contributed by atoms with Gasteiger partial charge in [0.25, 0.3) is 0 Å². The lowest BCUT2D eigenvalue weighted by Gasteiger charge is -2.32. The first kappa shape index (κ1) is 19.8. The molecule has 1 rings (SSSR count). The number of primary amides is 1. The van der Waals surface area contributed by atoms with Gasteiger partial charge in [0.15, 0.2) is 5.11 Å². The summed E-state index contributed by atoms with van der Waals surface area (Å²) in [6, 6.07) is -0.137. The molecule has 0 spiro atoms. The van der Waals surface area contributed by atoms with Crippen LogP contribution in [-0.2, 0) is 9.59 Å². The first-order valence-corrected chi connectivity index (χ1v) is 7.79. The van der Waals surface area contributed by atoms with Gasteiger partial charge in [-0.1, -0.05) is 6.08 Å². The van der Waals surface area contributed by atoms with Crippen molar-refractivity contribution in [3.63, 3.8) is 0 Å². The fraction of sp³-hybridized carbons (Fsp3) is 0.571. The van der Waals surface area contributed by atoms with Crippen LogP contribution in [0.5, 0.6) is 0 Å². The van der Waals surface area contributed by atoms with Crippen LogP contribution in [0.25, 0.3) is 0 Å². The van der Waals surface area contributed by atoms with E-state index < -0.39 is 36.1 Å². The van der Waals surface area contributed by atoms with Gasteiger partial charge in [0, 0.05) is 18.5 Å². The van der Waals surface area contributed by atoms with Crippen molar-refractivity contribution in [3.8, 4) is 6.07 Å². The monoisotopic (exact) mass is 355 g/mol. The molecule has 0 saturated carbocycles. The normalized spacial score (nSPS) is 24.1. The largest absolute Gasteiger partial charge is 0.390 e. The fourth-order valence-corrected chi connectivity index (χ4v) is 2.47. The number of thiocarbonyl (C=S) groups is 1. The first-order chi connectivity index (χ1) is 11.3. The van der Waals surface area contributed by atoms with Crippen LogP contribution in [-0.4, -0.2) is 58.0 Å².